The summed E-state index contributed by atoms with van der Waals surface area (Å²) < 4.78 is 23.6. The molecule has 0 aliphatic carbocycles. The van der Waals surface area contributed by atoms with Gasteiger partial charge in [-0.3, -0.25) is 14.1 Å². The van der Waals surface area contributed by atoms with Crippen molar-refractivity contribution in [2.75, 3.05) is 39.5 Å². The lowest BCUT2D eigenvalue weighted by atomic mass is 10.1. The van der Waals surface area contributed by atoms with Gasteiger partial charge in [0.05, 0.1) is 42.1 Å². The van der Waals surface area contributed by atoms with Gasteiger partial charge in [-0.1, -0.05) is 38.0 Å². The summed E-state index contributed by atoms with van der Waals surface area (Å²) in [5.41, 5.74) is 3.09. The van der Waals surface area contributed by atoms with Gasteiger partial charge in [-0.05, 0) is 36.3 Å². The Kier molecular flexibility index (Phi) is 8.42. The molecule has 1 atom stereocenters. The topological polar surface area (TPSA) is 64.5 Å². The van der Waals surface area contributed by atoms with Crippen LogP contribution >= 0.6 is 0 Å². The van der Waals surface area contributed by atoms with Crippen LogP contribution in [0.3, 0.4) is 0 Å². The van der Waals surface area contributed by atoms with Crippen LogP contribution in [0.5, 0.6) is 5.75 Å². The molecule has 0 amide bonds. The largest absolute Gasteiger partial charge is 0.492 e. The number of hydrogen-bond donors (Lipinski definition) is 0. The molecule has 0 spiro atoms. The zero-order valence-corrected chi connectivity index (χ0v) is 20.4. The highest BCUT2D eigenvalue weighted by Crippen LogP contribution is 2.20. The molecule has 1 unspecified atom stereocenters. The minimum atomic E-state index is -1.01. The molecule has 1 aromatic heterocycles. The van der Waals surface area contributed by atoms with Gasteiger partial charge in [-0.15, -0.1) is 0 Å². The van der Waals surface area contributed by atoms with Crippen LogP contribution in [0.15, 0.2) is 65.8 Å². The van der Waals surface area contributed by atoms with Crippen LogP contribution in [0.1, 0.15) is 25.1 Å². The zero-order valence-electron chi connectivity index (χ0n) is 19.6. The van der Waals surface area contributed by atoms with E-state index in [1.165, 1.54) is 0 Å². The summed E-state index contributed by atoms with van der Waals surface area (Å²) in [6, 6.07) is 15.4. The van der Waals surface area contributed by atoms with Crippen molar-refractivity contribution in [3.8, 4) is 28.8 Å². The highest BCUT2D eigenvalue weighted by molar-refractivity contribution is 7.85. The average molecular weight is 476 g/mol. The maximum Gasteiger partial charge on any atom is 0.132 e. The lowest BCUT2D eigenvalue weighted by Crippen LogP contribution is -2.38. The Morgan fingerprint density at radius 2 is 1.88 bits per heavy atom. The second kappa shape index (κ2) is 11.9. The maximum absolute atomic E-state index is 12.3. The molecule has 176 valence electrons. The first-order valence-corrected chi connectivity index (χ1v) is 12.7. The Hall–Kier alpha value is -3.05. The van der Waals surface area contributed by atoms with Crippen molar-refractivity contribution in [2.45, 2.75) is 24.0 Å². The molecular weight excluding hydrogens is 446 g/mol. The molecule has 1 aliphatic rings. The van der Waals surface area contributed by atoms with Crippen LogP contribution in [-0.2, 0) is 15.5 Å². The van der Waals surface area contributed by atoms with Gasteiger partial charge in [0.2, 0.25) is 0 Å². The molecule has 0 radical (unpaired) electrons. The number of nitrogens with zero attached hydrogens (tertiary/aromatic N) is 3. The number of benzene rings is 2. The van der Waals surface area contributed by atoms with E-state index in [-0.39, 0.29) is 5.25 Å². The third kappa shape index (κ3) is 6.73. The molecule has 1 saturated heterocycles. The molecule has 4 rings (SSSR count). The number of rotatable bonds is 7. The molecule has 2 aromatic carbocycles. The maximum atomic E-state index is 12.3. The number of aromatic nitrogens is 2. The van der Waals surface area contributed by atoms with Crippen molar-refractivity contribution in [3.63, 3.8) is 0 Å². The predicted octanol–water partition coefficient (Wildman–Crippen LogP) is 3.77. The average Bonchev–Trinajstić information content (AvgIpc) is 2.88. The summed E-state index contributed by atoms with van der Waals surface area (Å²) in [5.74, 6) is 7.06. The normalized spacial score (nSPS) is 14.9. The van der Waals surface area contributed by atoms with Gasteiger partial charge in [0, 0.05) is 40.9 Å². The van der Waals surface area contributed by atoms with Crippen LogP contribution in [0, 0.1) is 11.8 Å². The molecule has 1 aliphatic heterocycles. The van der Waals surface area contributed by atoms with Crippen molar-refractivity contribution in [2.24, 2.45) is 0 Å². The minimum absolute atomic E-state index is 0.0814. The van der Waals surface area contributed by atoms with E-state index in [1.54, 1.807) is 12.4 Å². The van der Waals surface area contributed by atoms with E-state index in [0.717, 1.165) is 60.3 Å². The standard InChI is InChI=1S/C27H29N3O3S/c1-21(2)34(31)26-10-7-23(8-11-26)27-20-28-19-24(29-27)9-6-22-4-3-5-25(18-22)33-17-14-30-12-15-32-16-13-30/h3-5,7-8,10-11,18-21H,12-17H2,1-2H3. The number of morpholine rings is 1. The summed E-state index contributed by atoms with van der Waals surface area (Å²) in [6.45, 7) is 8.91. The molecule has 0 bridgehead atoms. The van der Waals surface area contributed by atoms with Crippen LogP contribution in [0.4, 0.5) is 0 Å². The van der Waals surface area contributed by atoms with E-state index in [4.69, 9.17) is 9.47 Å². The summed E-state index contributed by atoms with van der Waals surface area (Å²) in [4.78, 5) is 12.1. The van der Waals surface area contributed by atoms with Crippen LogP contribution in [0.25, 0.3) is 11.3 Å². The van der Waals surface area contributed by atoms with E-state index in [1.807, 2.05) is 62.4 Å². The highest BCUT2D eigenvalue weighted by Gasteiger charge is 2.10. The summed E-state index contributed by atoms with van der Waals surface area (Å²) in [7, 11) is -1.01. The van der Waals surface area contributed by atoms with Crippen LogP contribution in [0.2, 0.25) is 0 Å². The van der Waals surface area contributed by atoms with Crippen LogP contribution in [-0.4, -0.2) is 63.8 Å². The smallest absolute Gasteiger partial charge is 0.132 e. The molecule has 3 aromatic rings. The lowest BCUT2D eigenvalue weighted by Gasteiger charge is -2.26. The summed E-state index contributed by atoms with van der Waals surface area (Å²) in [5, 5.41) is 0.0814. The van der Waals surface area contributed by atoms with Gasteiger partial charge in [0.15, 0.2) is 0 Å². The molecule has 34 heavy (non-hydrogen) atoms. The van der Waals surface area contributed by atoms with Crippen molar-refractivity contribution in [3.05, 3.63) is 72.2 Å². The predicted molar refractivity (Wildman–Crippen MR) is 134 cm³/mol. The molecule has 7 heteroatoms. The van der Waals surface area contributed by atoms with E-state index < -0.39 is 10.8 Å². The minimum Gasteiger partial charge on any atom is -0.492 e. The fourth-order valence-corrected chi connectivity index (χ4v) is 4.46. The Morgan fingerprint density at radius 3 is 2.65 bits per heavy atom. The van der Waals surface area contributed by atoms with Crippen molar-refractivity contribution >= 4 is 10.8 Å². The second-order valence-electron chi connectivity index (χ2n) is 8.24. The highest BCUT2D eigenvalue weighted by atomic mass is 32.2. The Labute approximate surface area is 203 Å². The fraction of sp³-hybridized carbons (Fsp3) is 0.333. The fourth-order valence-electron chi connectivity index (χ4n) is 3.51. The second-order valence-corrected chi connectivity index (χ2v) is 10.2. The Bertz CT molecular complexity index is 1180. The van der Waals surface area contributed by atoms with Gasteiger partial charge in [-0.2, -0.15) is 0 Å². The van der Waals surface area contributed by atoms with Gasteiger partial charge in [0.25, 0.3) is 0 Å². The van der Waals surface area contributed by atoms with Crippen molar-refractivity contribution < 1.29 is 13.7 Å². The third-order valence-corrected chi connectivity index (χ3v) is 6.99. The first-order chi connectivity index (χ1) is 16.6. The van der Waals surface area contributed by atoms with E-state index in [0.29, 0.717) is 12.3 Å². The van der Waals surface area contributed by atoms with Crippen LogP contribution < -0.4 is 4.74 Å². The van der Waals surface area contributed by atoms with Gasteiger partial charge < -0.3 is 9.47 Å². The van der Waals surface area contributed by atoms with Crippen molar-refractivity contribution in [1.29, 1.82) is 0 Å². The molecule has 2 heterocycles. The van der Waals surface area contributed by atoms with Gasteiger partial charge in [0.1, 0.15) is 18.1 Å². The molecule has 1 fully saturated rings. The summed E-state index contributed by atoms with van der Waals surface area (Å²) >= 11 is 0. The molecular formula is C27H29N3O3S. The molecule has 0 saturated carbocycles. The Morgan fingerprint density at radius 1 is 1.09 bits per heavy atom. The van der Waals surface area contributed by atoms with E-state index >= 15 is 0 Å². The monoisotopic (exact) mass is 475 g/mol. The summed E-state index contributed by atoms with van der Waals surface area (Å²) in [6.07, 6.45) is 3.36. The van der Waals surface area contributed by atoms with Gasteiger partial charge >= 0.3 is 0 Å². The number of ether oxygens (including phenoxy) is 2. The first-order valence-electron chi connectivity index (χ1n) is 11.5. The first kappa shape index (κ1) is 24.1. The quantitative estimate of drug-likeness (QED) is 0.485. The van der Waals surface area contributed by atoms with E-state index in [9.17, 15) is 4.21 Å². The molecule has 0 N–H and O–H groups in total. The number of hydrogen-bond acceptors (Lipinski definition) is 6. The SMILES string of the molecule is CC(C)S(=O)c1ccc(-c2cncc(C#Cc3cccc(OCCN4CCOCC4)c3)n2)cc1. The third-order valence-electron chi connectivity index (χ3n) is 5.39. The van der Waals surface area contributed by atoms with Crippen molar-refractivity contribution in [1.82, 2.24) is 14.9 Å². The Balaban J connectivity index is 1.40. The lowest BCUT2D eigenvalue weighted by molar-refractivity contribution is 0.0322. The van der Waals surface area contributed by atoms with Gasteiger partial charge in [-0.25, -0.2) is 4.98 Å². The zero-order chi connectivity index (χ0) is 23.8. The van der Waals surface area contributed by atoms with E-state index in [2.05, 4.69) is 26.7 Å². The molecule has 6 nitrogen and oxygen atoms in total.